The molecule has 2 aliphatic rings. The van der Waals surface area contributed by atoms with Crippen LogP contribution < -0.4 is 24.8 Å². The Balaban J connectivity index is 0.946. The summed E-state index contributed by atoms with van der Waals surface area (Å²) in [5, 5.41) is 7.13. The number of nitrogens with zero attached hydrogens (tertiary/aromatic N) is 2. The molecule has 0 aliphatic carbocycles. The van der Waals surface area contributed by atoms with Gasteiger partial charge in [0.1, 0.15) is 25.0 Å². The first-order valence-electron chi connectivity index (χ1n) is 19.6. The van der Waals surface area contributed by atoms with Crippen LogP contribution in [0.2, 0.25) is 10.0 Å². The van der Waals surface area contributed by atoms with Crippen molar-refractivity contribution < 1.29 is 23.8 Å². The molecular formula is C48H44Cl2N4O5. The summed E-state index contributed by atoms with van der Waals surface area (Å²) >= 11 is 12.2. The third-order valence-electron chi connectivity index (χ3n) is 11.0. The lowest BCUT2D eigenvalue weighted by atomic mass is 9.92. The SMILES string of the molecule is Cc1cccc(NC(=O)N2Cc3cc4c(cc3CC2C(=O)NCCc2ccc(-c3ccnc(C)c3C)cc2)OCC(c2ccc(OCc3ccc(Cl)c(Cl)c3)cc2)O4)c1. The number of aryl methyl sites for hydroxylation is 2. The quantitative estimate of drug-likeness (QED) is 0.143. The summed E-state index contributed by atoms with van der Waals surface area (Å²) in [5.74, 6) is 1.68. The maximum Gasteiger partial charge on any atom is 0.322 e. The predicted octanol–water partition coefficient (Wildman–Crippen LogP) is 10.4. The Morgan fingerprint density at radius 2 is 1.63 bits per heavy atom. The largest absolute Gasteiger partial charge is 0.489 e. The minimum absolute atomic E-state index is 0.214. The topological polar surface area (TPSA) is 102 Å². The Hall–Kier alpha value is -6.03. The summed E-state index contributed by atoms with van der Waals surface area (Å²) in [5.41, 5.74) is 10.9. The van der Waals surface area contributed by atoms with Gasteiger partial charge in [-0.05, 0) is 132 Å². The third kappa shape index (κ3) is 9.17. The van der Waals surface area contributed by atoms with Crippen molar-refractivity contribution in [3.05, 3.63) is 170 Å². The number of ether oxygens (including phenoxy) is 3. The van der Waals surface area contributed by atoms with E-state index in [9.17, 15) is 9.59 Å². The molecule has 1 aromatic heterocycles. The van der Waals surface area contributed by atoms with Crippen molar-refractivity contribution in [1.82, 2.24) is 15.2 Å². The molecule has 5 aromatic carbocycles. The lowest BCUT2D eigenvalue weighted by Gasteiger charge is -2.37. The number of urea groups is 1. The minimum atomic E-state index is -0.736. The van der Waals surface area contributed by atoms with Gasteiger partial charge in [0.2, 0.25) is 5.91 Å². The number of amides is 3. The molecule has 3 amide bonds. The van der Waals surface area contributed by atoms with Crippen molar-refractivity contribution in [1.29, 1.82) is 0 Å². The number of rotatable bonds is 10. The standard InChI is InChI=1S/C48H44Cl2N4O5/c1-29-5-4-6-38(21-29)53-48(56)54-26-37-25-45-44(58-28-46(59-45)35-12-14-39(15-13-35)57-27-33-9-16-41(49)42(50)22-33)24-36(37)23-43(54)47(55)52-19-17-32-7-10-34(11-8-32)40-18-20-51-31(3)30(40)2/h4-16,18,20-22,24-25,43,46H,17,19,23,26-28H2,1-3H3,(H,52,55)(H,53,56). The number of hydrogen-bond acceptors (Lipinski definition) is 6. The zero-order valence-corrected chi connectivity index (χ0v) is 34.6. The van der Waals surface area contributed by atoms with Crippen LogP contribution in [0.3, 0.4) is 0 Å². The van der Waals surface area contributed by atoms with E-state index in [1.54, 1.807) is 17.0 Å². The van der Waals surface area contributed by atoms with Gasteiger partial charge in [-0.15, -0.1) is 0 Å². The van der Waals surface area contributed by atoms with E-state index in [-0.39, 0.29) is 24.6 Å². The minimum Gasteiger partial charge on any atom is -0.489 e. The summed E-state index contributed by atoms with van der Waals surface area (Å²) in [6.45, 7) is 7.37. The molecule has 59 heavy (non-hydrogen) atoms. The van der Waals surface area contributed by atoms with Crippen LogP contribution in [0.15, 0.2) is 115 Å². The summed E-state index contributed by atoms with van der Waals surface area (Å²) < 4.78 is 18.7. The molecule has 6 aromatic rings. The number of aromatic nitrogens is 1. The number of anilines is 1. The average molecular weight is 828 g/mol. The smallest absolute Gasteiger partial charge is 0.322 e. The summed E-state index contributed by atoms with van der Waals surface area (Å²) in [6.07, 6.45) is 2.45. The number of carbonyl (C=O) groups excluding carboxylic acids is 2. The Labute approximate surface area is 354 Å². The van der Waals surface area contributed by atoms with Gasteiger partial charge in [0.15, 0.2) is 17.6 Å². The van der Waals surface area contributed by atoms with E-state index >= 15 is 0 Å². The van der Waals surface area contributed by atoms with Crippen LogP contribution in [0.5, 0.6) is 17.2 Å². The van der Waals surface area contributed by atoms with E-state index in [4.69, 9.17) is 37.4 Å². The normalized spacial score (nSPS) is 15.6. The molecule has 0 saturated carbocycles. The Morgan fingerprint density at radius 1 is 0.847 bits per heavy atom. The van der Waals surface area contributed by atoms with Crippen molar-refractivity contribution >= 4 is 40.8 Å². The second-order valence-corrected chi connectivity index (χ2v) is 15.9. The van der Waals surface area contributed by atoms with Crippen LogP contribution in [0, 0.1) is 20.8 Å². The fraction of sp³-hybridized carbons (Fsp3) is 0.229. The van der Waals surface area contributed by atoms with Gasteiger partial charge in [0.25, 0.3) is 0 Å². The van der Waals surface area contributed by atoms with E-state index in [0.29, 0.717) is 65.6 Å². The number of benzene rings is 5. The molecule has 0 fully saturated rings. The van der Waals surface area contributed by atoms with Crippen LogP contribution in [0.25, 0.3) is 11.1 Å². The van der Waals surface area contributed by atoms with Gasteiger partial charge < -0.3 is 29.7 Å². The number of halogens is 2. The Kier molecular flexibility index (Phi) is 11.8. The molecular weight excluding hydrogens is 783 g/mol. The zero-order chi connectivity index (χ0) is 41.0. The summed E-state index contributed by atoms with van der Waals surface area (Å²) in [7, 11) is 0. The van der Waals surface area contributed by atoms with Gasteiger partial charge in [-0.2, -0.15) is 0 Å². The monoisotopic (exact) mass is 826 g/mol. The Morgan fingerprint density at radius 3 is 2.41 bits per heavy atom. The van der Waals surface area contributed by atoms with Crippen molar-refractivity contribution in [2.75, 3.05) is 18.5 Å². The van der Waals surface area contributed by atoms with Gasteiger partial charge in [-0.25, -0.2) is 4.79 Å². The van der Waals surface area contributed by atoms with Gasteiger partial charge in [0, 0.05) is 37.1 Å². The van der Waals surface area contributed by atoms with Gasteiger partial charge in [0.05, 0.1) is 10.0 Å². The summed E-state index contributed by atoms with van der Waals surface area (Å²) in [4.78, 5) is 33.9. The Bertz CT molecular complexity index is 2510. The van der Waals surface area contributed by atoms with Gasteiger partial charge in [-0.1, -0.05) is 77.8 Å². The molecule has 2 unspecified atom stereocenters. The average Bonchev–Trinajstić information content (AvgIpc) is 3.24. The van der Waals surface area contributed by atoms with Crippen LogP contribution in [-0.4, -0.2) is 41.0 Å². The van der Waals surface area contributed by atoms with E-state index in [1.807, 2.05) is 92.8 Å². The maximum absolute atomic E-state index is 14.0. The molecule has 0 radical (unpaired) electrons. The highest BCUT2D eigenvalue weighted by atomic mass is 35.5. The van der Waals surface area contributed by atoms with E-state index in [0.717, 1.165) is 55.8 Å². The van der Waals surface area contributed by atoms with Crippen molar-refractivity contribution in [2.24, 2.45) is 0 Å². The number of pyridine rings is 1. The highest BCUT2D eigenvalue weighted by Crippen LogP contribution is 2.41. The third-order valence-corrected chi connectivity index (χ3v) is 11.7. The molecule has 0 bridgehead atoms. The molecule has 9 nitrogen and oxygen atoms in total. The van der Waals surface area contributed by atoms with Crippen LogP contribution in [0.1, 0.15) is 50.7 Å². The van der Waals surface area contributed by atoms with Gasteiger partial charge >= 0.3 is 6.03 Å². The van der Waals surface area contributed by atoms with Crippen molar-refractivity contribution in [3.8, 4) is 28.4 Å². The molecule has 11 heteroatoms. The molecule has 0 spiro atoms. The molecule has 8 rings (SSSR count). The second kappa shape index (κ2) is 17.4. The molecule has 2 atom stereocenters. The van der Waals surface area contributed by atoms with Crippen molar-refractivity contribution in [3.63, 3.8) is 0 Å². The maximum atomic E-state index is 14.0. The van der Waals surface area contributed by atoms with Crippen LogP contribution >= 0.6 is 23.2 Å². The zero-order valence-electron chi connectivity index (χ0n) is 33.1. The van der Waals surface area contributed by atoms with Gasteiger partial charge in [-0.3, -0.25) is 9.78 Å². The van der Waals surface area contributed by atoms with E-state index in [2.05, 4.69) is 46.8 Å². The lowest BCUT2D eigenvalue weighted by Crippen LogP contribution is -2.54. The predicted molar refractivity (Wildman–Crippen MR) is 232 cm³/mol. The van der Waals surface area contributed by atoms with Crippen LogP contribution in [0.4, 0.5) is 10.5 Å². The highest BCUT2D eigenvalue weighted by Gasteiger charge is 2.36. The van der Waals surface area contributed by atoms with Crippen LogP contribution in [-0.2, 0) is 30.8 Å². The number of fused-ring (bicyclic) bond motifs is 2. The summed E-state index contributed by atoms with van der Waals surface area (Å²) in [6, 6.07) is 34.0. The highest BCUT2D eigenvalue weighted by molar-refractivity contribution is 6.42. The lowest BCUT2D eigenvalue weighted by molar-refractivity contribution is -0.125. The number of nitrogens with one attached hydrogen (secondary N) is 2. The molecule has 3 heterocycles. The first-order valence-corrected chi connectivity index (χ1v) is 20.4. The molecule has 2 N–H and O–H groups in total. The molecule has 2 aliphatic heterocycles. The molecule has 300 valence electrons. The molecule has 0 saturated heterocycles. The van der Waals surface area contributed by atoms with Crippen molar-refractivity contribution in [2.45, 2.75) is 58.9 Å². The first kappa shape index (κ1) is 39.8. The first-order chi connectivity index (χ1) is 28.6. The second-order valence-electron chi connectivity index (χ2n) is 15.0. The number of carbonyl (C=O) groups is 2. The van der Waals surface area contributed by atoms with E-state index in [1.165, 1.54) is 0 Å². The number of hydrogen-bond donors (Lipinski definition) is 2. The fourth-order valence-electron chi connectivity index (χ4n) is 7.51. The fourth-order valence-corrected chi connectivity index (χ4v) is 7.83. The van der Waals surface area contributed by atoms with E-state index < -0.39 is 6.04 Å².